The normalized spacial score (nSPS) is 15.8. The second-order valence-corrected chi connectivity index (χ2v) is 5.63. The van der Waals surface area contributed by atoms with Crippen molar-refractivity contribution in [3.63, 3.8) is 0 Å². The van der Waals surface area contributed by atoms with Crippen LogP contribution < -0.4 is 10.2 Å². The number of hydrogen-bond acceptors (Lipinski definition) is 6. The van der Waals surface area contributed by atoms with Crippen molar-refractivity contribution in [2.24, 2.45) is 0 Å². The molecule has 0 atom stereocenters. The number of likely N-dealkylation sites (N-methyl/N-ethyl adjacent to an activating group) is 1. The highest BCUT2D eigenvalue weighted by atomic mass is 35.5. The molecule has 1 aromatic heterocycles. The molecule has 3 rings (SSSR count). The molecule has 0 aliphatic carbocycles. The van der Waals surface area contributed by atoms with Crippen LogP contribution >= 0.6 is 11.6 Å². The molecule has 0 bridgehead atoms. The topological polar surface area (TPSA) is 57.2 Å². The molecule has 116 valence electrons. The van der Waals surface area contributed by atoms with Crippen LogP contribution in [0.4, 0.5) is 17.5 Å². The standard InChI is InChI=1S/C15H19ClN6/c1-2-21-7-9-22(10-8-21)15-19-14(11-17-20-15)18-13-5-3-12(16)4-6-13/h3-6,11H,2,7-10H2,1H3,(H,18,19,20). The fourth-order valence-electron chi connectivity index (χ4n) is 2.43. The summed E-state index contributed by atoms with van der Waals surface area (Å²) in [5, 5.41) is 12.1. The van der Waals surface area contributed by atoms with Gasteiger partial charge in [0.2, 0.25) is 5.95 Å². The lowest BCUT2D eigenvalue weighted by Crippen LogP contribution is -2.46. The molecule has 2 heterocycles. The van der Waals surface area contributed by atoms with E-state index in [4.69, 9.17) is 11.6 Å². The maximum absolute atomic E-state index is 5.89. The van der Waals surface area contributed by atoms with E-state index in [0.717, 1.165) is 38.4 Å². The van der Waals surface area contributed by atoms with E-state index in [2.05, 4.69) is 37.2 Å². The molecule has 22 heavy (non-hydrogen) atoms. The summed E-state index contributed by atoms with van der Waals surface area (Å²) < 4.78 is 0. The summed E-state index contributed by atoms with van der Waals surface area (Å²) in [7, 11) is 0. The van der Waals surface area contributed by atoms with E-state index in [9.17, 15) is 0 Å². The van der Waals surface area contributed by atoms with Crippen molar-refractivity contribution in [1.29, 1.82) is 0 Å². The van der Waals surface area contributed by atoms with Gasteiger partial charge in [-0.05, 0) is 30.8 Å². The molecule has 0 radical (unpaired) electrons. The van der Waals surface area contributed by atoms with E-state index in [1.54, 1.807) is 6.20 Å². The highest BCUT2D eigenvalue weighted by molar-refractivity contribution is 6.30. The van der Waals surface area contributed by atoms with Crippen LogP contribution in [-0.4, -0.2) is 52.8 Å². The minimum absolute atomic E-state index is 0.676. The molecule has 7 heteroatoms. The predicted molar refractivity (Wildman–Crippen MR) is 88.9 cm³/mol. The third-order valence-corrected chi connectivity index (χ3v) is 4.02. The van der Waals surface area contributed by atoms with Gasteiger partial charge >= 0.3 is 0 Å². The van der Waals surface area contributed by atoms with Gasteiger partial charge in [-0.15, -0.1) is 5.10 Å². The Bertz CT molecular complexity index is 610. The lowest BCUT2D eigenvalue weighted by molar-refractivity contribution is 0.269. The van der Waals surface area contributed by atoms with Crippen LogP contribution in [0.1, 0.15) is 6.92 Å². The second-order valence-electron chi connectivity index (χ2n) is 5.19. The molecule has 0 amide bonds. The van der Waals surface area contributed by atoms with Gasteiger partial charge in [0.25, 0.3) is 0 Å². The quantitative estimate of drug-likeness (QED) is 0.934. The summed E-state index contributed by atoms with van der Waals surface area (Å²) >= 11 is 5.89. The Hall–Kier alpha value is -1.92. The van der Waals surface area contributed by atoms with Crippen molar-refractivity contribution in [3.05, 3.63) is 35.5 Å². The van der Waals surface area contributed by atoms with Gasteiger partial charge in [-0.1, -0.05) is 18.5 Å². The van der Waals surface area contributed by atoms with Gasteiger partial charge in [0.1, 0.15) is 0 Å². The summed E-state index contributed by atoms with van der Waals surface area (Å²) in [6, 6.07) is 7.49. The van der Waals surface area contributed by atoms with Gasteiger partial charge in [0.15, 0.2) is 5.82 Å². The zero-order valence-corrected chi connectivity index (χ0v) is 13.3. The molecule has 0 saturated carbocycles. The molecule has 1 fully saturated rings. The third kappa shape index (κ3) is 3.64. The van der Waals surface area contributed by atoms with Crippen molar-refractivity contribution in [3.8, 4) is 0 Å². The van der Waals surface area contributed by atoms with E-state index in [-0.39, 0.29) is 0 Å². The fraction of sp³-hybridized carbons (Fsp3) is 0.400. The number of piperazine rings is 1. The van der Waals surface area contributed by atoms with E-state index in [1.807, 2.05) is 24.3 Å². The van der Waals surface area contributed by atoms with Crippen molar-refractivity contribution in [1.82, 2.24) is 20.1 Å². The SMILES string of the molecule is CCN1CCN(c2nncc(Nc3ccc(Cl)cc3)n2)CC1. The number of halogens is 1. The van der Waals surface area contributed by atoms with Gasteiger partial charge < -0.3 is 15.1 Å². The lowest BCUT2D eigenvalue weighted by atomic mass is 10.3. The Morgan fingerprint density at radius 1 is 1.14 bits per heavy atom. The van der Waals surface area contributed by atoms with Gasteiger partial charge in [0.05, 0.1) is 6.20 Å². The number of anilines is 3. The Labute approximate surface area is 135 Å². The van der Waals surface area contributed by atoms with Crippen molar-refractivity contribution < 1.29 is 0 Å². The Kier molecular flexibility index (Phi) is 4.70. The predicted octanol–water partition coefficient (Wildman–Crippen LogP) is 2.41. The number of aromatic nitrogens is 3. The Morgan fingerprint density at radius 3 is 2.55 bits per heavy atom. The monoisotopic (exact) mass is 318 g/mol. The first-order valence-corrected chi connectivity index (χ1v) is 7.82. The van der Waals surface area contributed by atoms with Crippen molar-refractivity contribution in [2.75, 3.05) is 42.9 Å². The highest BCUT2D eigenvalue weighted by Crippen LogP contribution is 2.18. The third-order valence-electron chi connectivity index (χ3n) is 3.77. The Balaban J connectivity index is 1.68. The molecule has 0 spiro atoms. The smallest absolute Gasteiger partial charge is 0.247 e. The van der Waals surface area contributed by atoms with Gasteiger partial charge in [-0.25, -0.2) is 0 Å². The van der Waals surface area contributed by atoms with E-state index in [0.29, 0.717) is 16.8 Å². The summed E-state index contributed by atoms with van der Waals surface area (Å²) in [4.78, 5) is 9.14. The maximum Gasteiger partial charge on any atom is 0.247 e. The van der Waals surface area contributed by atoms with Crippen LogP contribution in [-0.2, 0) is 0 Å². The summed E-state index contributed by atoms with van der Waals surface area (Å²) in [6.07, 6.45) is 1.63. The molecule has 1 aliphatic heterocycles. The van der Waals surface area contributed by atoms with Gasteiger partial charge in [-0.2, -0.15) is 10.1 Å². The molecule has 1 aliphatic rings. The zero-order valence-electron chi connectivity index (χ0n) is 12.5. The number of nitrogens with one attached hydrogen (secondary N) is 1. The molecular weight excluding hydrogens is 300 g/mol. The summed E-state index contributed by atoms with van der Waals surface area (Å²) in [5.41, 5.74) is 0.923. The zero-order chi connectivity index (χ0) is 15.4. The average Bonchev–Trinajstić information content (AvgIpc) is 2.57. The molecule has 0 unspecified atom stereocenters. The average molecular weight is 319 g/mol. The van der Waals surface area contributed by atoms with E-state index >= 15 is 0 Å². The largest absolute Gasteiger partial charge is 0.339 e. The Morgan fingerprint density at radius 2 is 1.86 bits per heavy atom. The van der Waals surface area contributed by atoms with Crippen LogP contribution in [0.2, 0.25) is 5.02 Å². The molecule has 1 aromatic carbocycles. The first kappa shape index (κ1) is 15.0. The van der Waals surface area contributed by atoms with Crippen LogP contribution in [0.15, 0.2) is 30.5 Å². The minimum Gasteiger partial charge on any atom is -0.339 e. The van der Waals surface area contributed by atoms with Crippen molar-refractivity contribution in [2.45, 2.75) is 6.92 Å². The lowest BCUT2D eigenvalue weighted by Gasteiger charge is -2.33. The molecule has 6 nitrogen and oxygen atoms in total. The summed E-state index contributed by atoms with van der Waals surface area (Å²) in [6.45, 7) is 7.21. The van der Waals surface area contributed by atoms with Gasteiger partial charge in [0, 0.05) is 36.9 Å². The molecule has 2 aromatic rings. The first-order valence-electron chi connectivity index (χ1n) is 7.44. The first-order chi connectivity index (χ1) is 10.7. The number of benzene rings is 1. The van der Waals surface area contributed by atoms with Gasteiger partial charge in [-0.3, -0.25) is 0 Å². The molecule has 1 saturated heterocycles. The van der Waals surface area contributed by atoms with Crippen LogP contribution in [0.3, 0.4) is 0 Å². The van der Waals surface area contributed by atoms with E-state index in [1.165, 1.54) is 0 Å². The highest BCUT2D eigenvalue weighted by Gasteiger charge is 2.18. The molecule has 1 N–H and O–H groups in total. The number of rotatable bonds is 4. The van der Waals surface area contributed by atoms with Crippen molar-refractivity contribution >= 4 is 29.1 Å². The fourth-order valence-corrected chi connectivity index (χ4v) is 2.56. The number of nitrogens with zero attached hydrogens (tertiary/aromatic N) is 5. The number of hydrogen-bond donors (Lipinski definition) is 1. The molecular formula is C15H19ClN6. The van der Waals surface area contributed by atoms with Crippen LogP contribution in [0, 0.1) is 0 Å². The summed E-state index contributed by atoms with van der Waals surface area (Å²) in [5.74, 6) is 1.36. The van der Waals surface area contributed by atoms with Crippen LogP contribution in [0.25, 0.3) is 0 Å². The second kappa shape index (κ2) is 6.89. The minimum atomic E-state index is 0.676. The maximum atomic E-state index is 5.89. The van der Waals surface area contributed by atoms with E-state index < -0.39 is 0 Å². The van der Waals surface area contributed by atoms with Crippen LogP contribution in [0.5, 0.6) is 0 Å².